The second kappa shape index (κ2) is 6.04. The molecule has 1 saturated carbocycles. The number of aromatic hydroxyl groups is 1. The molecule has 2 aromatic rings. The van der Waals surface area contributed by atoms with Gasteiger partial charge in [-0.05, 0) is 49.2 Å². The molecule has 0 spiro atoms. The van der Waals surface area contributed by atoms with Gasteiger partial charge in [0.25, 0.3) is 10.0 Å². The van der Waals surface area contributed by atoms with Gasteiger partial charge in [0, 0.05) is 5.92 Å². The van der Waals surface area contributed by atoms with Crippen LogP contribution in [0.1, 0.15) is 19.3 Å². The molecule has 1 N–H and O–H groups in total. The van der Waals surface area contributed by atoms with Crippen LogP contribution in [0.3, 0.4) is 0 Å². The number of rotatable bonds is 4. The first-order chi connectivity index (χ1) is 11.0. The Bertz CT molecular complexity index is 796. The fourth-order valence-electron chi connectivity index (χ4n) is 2.49. The van der Waals surface area contributed by atoms with E-state index < -0.39 is 15.9 Å². The van der Waals surface area contributed by atoms with Crippen LogP contribution in [0.4, 0.5) is 5.69 Å². The number of amides is 1. The third kappa shape index (κ3) is 2.94. The fourth-order valence-corrected chi connectivity index (χ4v) is 3.99. The van der Waals surface area contributed by atoms with Gasteiger partial charge in [0.05, 0.1) is 10.6 Å². The summed E-state index contributed by atoms with van der Waals surface area (Å²) in [5, 5.41) is 9.41. The Balaban J connectivity index is 2.07. The van der Waals surface area contributed by atoms with E-state index in [0.717, 1.165) is 10.7 Å². The topological polar surface area (TPSA) is 74.7 Å². The lowest BCUT2D eigenvalue weighted by atomic mass is 9.85. The highest BCUT2D eigenvalue weighted by atomic mass is 32.2. The molecule has 2 aromatic carbocycles. The maximum Gasteiger partial charge on any atom is 0.270 e. The molecule has 0 aliphatic heterocycles. The van der Waals surface area contributed by atoms with Crippen LogP contribution >= 0.6 is 0 Å². The van der Waals surface area contributed by atoms with Gasteiger partial charge in [-0.2, -0.15) is 0 Å². The summed E-state index contributed by atoms with van der Waals surface area (Å²) in [6, 6.07) is 13.5. The van der Waals surface area contributed by atoms with E-state index in [1.165, 1.54) is 36.4 Å². The van der Waals surface area contributed by atoms with Crippen LogP contribution in [-0.2, 0) is 14.8 Å². The average molecular weight is 331 g/mol. The van der Waals surface area contributed by atoms with Gasteiger partial charge in [-0.1, -0.05) is 24.6 Å². The summed E-state index contributed by atoms with van der Waals surface area (Å²) >= 11 is 0. The minimum Gasteiger partial charge on any atom is -0.508 e. The summed E-state index contributed by atoms with van der Waals surface area (Å²) in [5.41, 5.74) is 0.239. The van der Waals surface area contributed by atoms with Crippen LogP contribution in [0.15, 0.2) is 59.5 Å². The Kier molecular flexibility index (Phi) is 4.09. The number of carbonyl (C=O) groups excluding carboxylic acids is 1. The van der Waals surface area contributed by atoms with E-state index in [1.54, 1.807) is 18.2 Å². The lowest BCUT2D eigenvalue weighted by Crippen LogP contribution is -2.43. The van der Waals surface area contributed by atoms with Crippen LogP contribution in [0.2, 0.25) is 0 Å². The van der Waals surface area contributed by atoms with Crippen molar-refractivity contribution in [3.8, 4) is 5.75 Å². The zero-order valence-electron chi connectivity index (χ0n) is 12.4. The molecule has 0 bridgehead atoms. The van der Waals surface area contributed by atoms with Gasteiger partial charge >= 0.3 is 0 Å². The molecule has 3 rings (SSSR count). The SMILES string of the molecule is O=C(C1CCC1)N(c1ccc(O)cc1)S(=O)(=O)c1ccccc1. The van der Waals surface area contributed by atoms with Crippen molar-refractivity contribution >= 4 is 21.6 Å². The molecule has 1 aliphatic carbocycles. The molecule has 0 aromatic heterocycles. The smallest absolute Gasteiger partial charge is 0.270 e. The van der Waals surface area contributed by atoms with E-state index in [4.69, 9.17) is 0 Å². The second-order valence-electron chi connectivity index (χ2n) is 5.56. The zero-order chi connectivity index (χ0) is 16.4. The molecular weight excluding hydrogens is 314 g/mol. The van der Waals surface area contributed by atoms with E-state index in [1.807, 2.05) is 0 Å². The van der Waals surface area contributed by atoms with Crippen molar-refractivity contribution in [2.45, 2.75) is 24.2 Å². The van der Waals surface area contributed by atoms with Crippen LogP contribution in [0.5, 0.6) is 5.75 Å². The molecular formula is C17H17NO4S. The highest BCUT2D eigenvalue weighted by molar-refractivity contribution is 7.93. The van der Waals surface area contributed by atoms with E-state index in [2.05, 4.69) is 0 Å². The van der Waals surface area contributed by atoms with Crippen molar-refractivity contribution in [3.63, 3.8) is 0 Å². The normalized spacial score (nSPS) is 15.0. The molecule has 0 radical (unpaired) electrons. The van der Waals surface area contributed by atoms with Crippen LogP contribution in [-0.4, -0.2) is 19.4 Å². The quantitative estimate of drug-likeness (QED) is 0.935. The standard InChI is InChI=1S/C17H17NO4S/c19-15-11-9-14(10-12-15)18(17(20)13-5-4-6-13)23(21,22)16-7-2-1-3-8-16/h1-3,7-13,19H,4-6H2. The van der Waals surface area contributed by atoms with Crippen molar-refractivity contribution in [1.29, 1.82) is 0 Å². The van der Waals surface area contributed by atoms with Crippen molar-refractivity contribution in [1.82, 2.24) is 0 Å². The summed E-state index contributed by atoms with van der Waals surface area (Å²) in [6.45, 7) is 0. The summed E-state index contributed by atoms with van der Waals surface area (Å²) in [7, 11) is -3.99. The summed E-state index contributed by atoms with van der Waals surface area (Å²) < 4.78 is 26.8. The first-order valence-corrected chi connectivity index (χ1v) is 8.87. The monoisotopic (exact) mass is 331 g/mol. The molecule has 0 heterocycles. The van der Waals surface area contributed by atoms with E-state index >= 15 is 0 Å². The number of phenols is 1. The van der Waals surface area contributed by atoms with Gasteiger partial charge in [0.1, 0.15) is 5.75 Å². The van der Waals surface area contributed by atoms with Crippen molar-refractivity contribution in [3.05, 3.63) is 54.6 Å². The Morgan fingerprint density at radius 3 is 2.13 bits per heavy atom. The number of carbonyl (C=O) groups is 1. The third-order valence-electron chi connectivity index (χ3n) is 4.02. The van der Waals surface area contributed by atoms with Gasteiger partial charge in [-0.15, -0.1) is 0 Å². The van der Waals surface area contributed by atoms with E-state index in [0.29, 0.717) is 12.8 Å². The molecule has 0 atom stereocenters. The van der Waals surface area contributed by atoms with Crippen molar-refractivity contribution in [2.24, 2.45) is 5.92 Å². The number of hydrogen-bond acceptors (Lipinski definition) is 4. The molecule has 1 aliphatic rings. The van der Waals surface area contributed by atoms with Crippen molar-refractivity contribution in [2.75, 3.05) is 4.31 Å². The number of anilines is 1. The van der Waals surface area contributed by atoms with Crippen LogP contribution in [0, 0.1) is 5.92 Å². The van der Waals surface area contributed by atoms with Gasteiger partial charge in [0.15, 0.2) is 0 Å². The maximum atomic E-state index is 12.9. The number of sulfonamides is 1. The molecule has 1 amide bonds. The van der Waals surface area contributed by atoms with E-state index in [9.17, 15) is 18.3 Å². The Hall–Kier alpha value is -2.34. The predicted molar refractivity (Wildman–Crippen MR) is 86.6 cm³/mol. The number of benzene rings is 2. The molecule has 6 heteroatoms. The molecule has 1 fully saturated rings. The fraction of sp³-hybridized carbons (Fsp3) is 0.235. The van der Waals surface area contributed by atoms with E-state index in [-0.39, 0.29) is 22.3 Å². The second-order valence-corrected chi connectivity index (χ2v) is 7.35. The molecule has 23 heavy (non-hydrogen) atoms. The molecule has 0 unspecified atom stereocenters. The number of hydrogen-bond donors (Lipinski definition) is 1. The average Bonchev–Trinajstić information content (AvgIpc) is 2.48. The number of phenolic OH excluding ortho intramolecular Hbond substituents is 1. The minimum atomic E-state index is -3.99. The summed E-state index contributed by atoms with van der Waals surface area (Å²) in [5.74, 6) is -0.657. The summed E-state index contributed by atoms with van der Waals surface area (Å²) in [4.78, 5) is 12.8. The molecule has 5 nitrogen and oxygen atoms in total. The van der Waals surface area contributed by atoms with Gasteiger partial charge < -0.3 is 5.11 Å². The highest BCUT2D eigenvalue weighted by Gasteiger charge is 2.37. The number of nitrogens with zero attached hydrogens (tertiary/aromatic N) is 1. The Morgan fingerprint density at radius 2 is 1.61 bits per heavy atom. The Labute approximate surface area is 135 Å². The maximum absolute atomic E-state index is 12.9. The highest BCUT2D eigenvalue weighted by Crippen LogP contribution is 2.33. The largest absolute Gasteiger partial charge is 0.508 e. The van der Waals surface area contributed by atoms with Gasteiger partial charge in [-0.3, -0.25) is 4.79 Å². The molecule has 120 valence electrons. The third-order valence-corrected chi connectivity index (χ3v) is 5.76. The first kappa shape index (κ1) is 15.6. The van der Waals surface area contributed by atoms with Crippen LogP contribution in [0.25, 0.3) is 0 Å². The summed E-state index contributed by atoms with van der Waals surface area (Å²) in [6.07, 6.45) is 2.35. The predicted octanol–water partition coefficient (Wildman–Crippen LogP) is 2.91. The van der Waals surface area contributed by atoms with Crippen molar-refractivity contribution < 1.29 is 18.3 Å². The molecule has 0 saturated heterocycles. The first-order valence-electron chi connectivity index (χ1n) is 7.43. The zero-order valence-corrected chi connectivity index (χ0v) is 13.2. The van der Waals surface area contributed by atoms with Gasteiger partial charge in [0.2, 0.25) is 5.91 Å². The lowest BCUT2D eigenvalue weighted by Gasteiger charge is -2.31. The minimum absolute atomic E-state index is 0.0157. The lowest BCUT2D eigenvalue weighted by molar-refractivity contribution is -0.123. The van der Waals surface area contributed by atoms with Gasteiger partial charge in [-0.25, -0.2) is 12.7 Å². The Morgan fingerprint density at radius 1 is 1.00 bits per heavy atom. The van der Waals surface area contributed by atoms with Crippen LogP contribution < -0.4 is 4.31 Å².